The van der Waals surface area contributed by atoms with E-state index in [2.05, 4.69) is 5.10 Å². The van der Waals surface area contributed by atoms with Gasteiger partial charge in [0, 0.05) is 37.4 Å². The van der Waals surface area contributed by atoms with E-state index in [0.717, 1.165) is 17.0 Å². The molecule has 1 aromatic rings. The van der Waals surface area contributed by atoms with Gasteiger partial charge in [-0.15, -0.1) is 0 Å². The standard InChI is InChI=1S/C16H28N4O4S/c1-12-15(13(2)19(4)17-12)9-20(6-7-21)16(22)10-18(3)14-5-8-25(23,24)11-14/h14,21H,5-11H2,1-4H3. The van der Waals surface area contributed by atoms with Gasteiger partial charge in [-0.1, -0.05) is 0 Å². The fourth-order valence-corrected chi connectivity index (χ4v) is 5.02. The van der Waals surface area contributed by atoms with Gasteiger partial charge in [0.25, 0.3) is 0 Å². The molecule has 25 heavy (non-hydrogen) atoms. The molecule has 0 aromatic carbocycles. The molecule has 9 heteroatoms. The van der Waals surface area contributed by atoms with Gasteiger partial charge in [0.1, 0.15) is 0 Å². The van der Waals surface area contributed by atoms with Crippen LogP contribution in [0.1, 0.15) is 23.4 Å². The Morgan fingerprint density at radius 1 is 1.40 bits per heavy atom. The first kappa shape index (κ1) is 19.9. The number of aliphatic hydroxyl groups is 1. The van der Waals surface area contributed by atoms with Crippen molar-refractivity contribution in [3.63, 3.8) is 0 Å². The highest BCUT2D eigenvalue weighted by Crippen LogP contribution is 2.18. The van der Waals surface area contributed by atoms with Crippen LogP contribution in [0.15, 0.2) is 0 Å². The fourth-order valence-electron chi connectivity index (χ4n) is 3.22. The molecule has 0 radical (unpaired) electrons. The number of hydrogen-bond acceptors (Lipinski definition) is 6. The number of likely N-dealkylation sites (N-methyl/N-ethyl adjacent to an activating group) is 1. The summed E-state index contributed by atoms with van der Waals surface area (Å²) in [5.41, 5.74) is 2.84. The van der Waals surface area contributed by atoms with Crippen molar-refractivity contribution in [1.29, 1.82) is 0 Å². The molecule has 0 saturated carbocycles. The number of nitrogens with zero attached hydrogens (tertiary/aromatic N) is 4. The Balaban J connectivity index is 2.05. The van der Waals surface area contributed by atoms with E-state index >= 15 is 0 Å². The molecule has 2 heterocycles. The Morgan fingerprint density at radius 3 is 2.56 bits per heavy atom. The second-order valence-corrected chi connectivity index (χ2v) is 9.01. The lowest BCUT2D eigenvalue weighted by molar-refractivity contribution is -0.133. The highest BCUT2D eigenvalue weighted by Gasteiger charge is 2.32. The maximum atomic E-state index is 12.7. The summed E-state index contributed by atoms with van der Waals surface area (Å²) in [5.74, 6) is 0.172. The van der Waals surface area contributed by atoms with Crippen molar-refractivity contribution < 1.29 is 18.3 Å². The number of sulfone groups is 1. The molecule has 8 nitrogen and oxygen atoms in total. The second kappa shape index (κ2) is 7.84. The lowest BCUT2D eigenvalue weighted by Crippen LogP contribution is -2.44. The Hall–Kier alpha value is -1.45. The smallest absolute Gasteiger partial charge is 0.237 e. The van der Waals surface area contributed by atoms with Crippen LogP contribution in [0.4, 0.5) is 0 Å². The van der Waals surface area contributed by atoms with Crippen LogP contribution in [-0.2, 0) is 28.2 Å². The lowest BCUT2D eigenvalue weighted by Gasteiger charge is -2.27. The first-order valence-electron chi connectivity index (χ1n) is 8.43. The van der Waals surface area contributed by atoms with Gasteiger partial charge >= 0.3 is 0 Å². The molecule has 1 unspecified atom stereocenters. The van der Waals surface area contributed by atoms with Crippen LogP contribution in [0.25, 0.3) is 0 Å². The van der Waals surface area contributed by atoms with Gasteiger partial charge in [-0.05, 0) is 27.3 Å². The molecule has 1 atom stereocenters. The van der Waals surface area contributed by atoms with E-state index in [1.807, 2.05) is 20.9 Å². The van der Waals surface area contributed by atoms with Crippen LogP contribution in [0, 0.1) is 13.8 Å². The van der Waals surface area contributed by atoms with Crippen molar-refractivity contribution in [2.45, 2.75) is 32.9 Å². The summed E-state index contributed by atoms with van der Waals surface area (Å²) in [6.07, 6.45) is 0.562. The molecule has 0 spiro atoms. The third-order valence-corrected chi connectivity index (χ3v) is 6.70. The van der Waals surface area contributed by atoms with Crippen LogP contribution >= 0.6 is 0 Å². The Labute approximate surface area is 149 Å². The predicted molar refractivity (Wildman–Crippen MR) is 94.9 cm³/mol. The summed E-state index contributed by atoms with van der Waals surface area (Å²) in [4.78, 5) is 16.1. The summed E-state index contributed by atoms with van der Waals surface area (Å²) in [6, 6.07) is -0.119. The SMILES string of the molecule is Cc1nn(C)c(C)c1CN(CCO)C(=O)CN(C)C1CCS(=O)(=O)C1. The average Bonchev–Trinajstić information content (AvgIpc) is 3.00. The minimum Gasteiger partial charge on any atom is -0.395 e. The predicted octanol–water partition coefficient (Wildman–Crippen LogP) is -0.523. The van der Waals surface area contributed by atoms with Gasteiger partial charge in [0.05, 0.1) is 30.4 Å². The summed E-state index contributed by atoms with van der Waals surface area (Å²) in [7, 11) is 0.657. The lowest BCUT2D eigenvalue weighted by atomic mass is 10.1. The van der Waals surface area contributed by atoms with Crippen LogP contribution in [0.5, 0.6) is 0 Å². The number of rotatable bonds is 7. The van der Waals surface area contributed by atoms with Crippen LogP contribution in [0.2, 0.25) is 0 Å². The largest absolute Gasteiger partial charge is 0.395 e. The molecule has 1 aliphatic heterocycles. The minimum atomic E-state index is -2.98. The van der Waals surface area contributed by atoms with Crippen molar-refractivity contribution in [1.82, 2.24) is 19.6 Å². The van der Waals surface area contributed by atoms with Gasteiger partial charge in [-0.2, -0.15) is 5.10 Å². The molecule has 2 rings (SSSR count). The summed E-state index contributed by atoms with van der Waals surface area (Å²) in [6.45, 7) is 4.50. The summed E-state index contributed by atoms with van der Waals surface area (Å²) in [5, 5.41) is 13.7. The van der Waals surface area contributed by atoms with Crippen molar-refractivity contribution in [3.8, 4) is 0 Å². The van der Waals surface area contributed by atoms with E-state index in [0.29, 0.717) is 13.0 Å². The van der Waals surface area contributed by atoms with Crippen molar-refractivity contribution >= 4 is 15.7 Å². The molecular weight excluding hydrogens is 344 g/mol. The quantitative estimate of drug-likeness (QED) is 0.692. The van der Waals surface area contributed by atoms with Gasteiger partial charge in [-0.25, -0.2) is 8.42 Å². The highest BCUT2D eigenvalue weighted by atomic mass is 32.2. The first-order chi connectivity index (χ1) is 11.6. The molecule has 1 N–H and O–H groups in total. The number of aliphatic hydroxyl groups excluding tert-OH is 1. The van der Waals surface area contributed by atoms with E-state index in [1.165, 1.54) is 0 Å². The van der Waals surface area contributed by atoms with Gasteiger partial charge in [-0.3, -0.25) is 14.4 Å². The van der Waals surface area contributed by atoms with E-state index < -0.39 is 9.84 Å². The van der Waals surface area contributed by atoms with E-state index in [1.54, 1.807) is 21.5 Å². The number of carbonyl (C=O) groups excluding carboxylic acids is 1. The molecule has 1 saturated heterocycles. The third kappa shape index (κ3) is 4.80. The maximum absolute atomic E-state index is 12.7. The summed E-state index contributed by atoms with van der Waals surface area (Å²) < 4.78 is 25.0. The maximum Gasteiger partial charge on any atom is 0.237 e. The summed E-state index contributed by atoms with van der Waals surface area (Å²) >= 11 is 0. The Bertz CT molecular complexity index is 729. The molecular formula is C16H28N4O4S. The highest BCUT2D eigenvalue weighted by molar-refractivity contribution is 7.91. The topological polar surface area (TPSA) is 95.7 Å². The zero-order valence-corrected chi connectivity index (χ0v) is 16.2. The third-order valence-electron chi connectivity index (χ3n) is 4.95. The molecule has 1 amide bonds. The van der Waals surface area contributed by atoms with Crippen molar-refractivity contribution in [3.05, 3.63) is 17.0 Å². The van der Waals surface area contributed by atoms with E-state index in [4.69, 9.17) is 0 Å². The van der Waals surface area contributed by atoms with E-state index in [9.17, 15) is 18.3 Å². The van der Waals surface area contributed by atoms with E-state index in [-0.39, 0.29) is 43.2 Å². The molecule has 1 aromatic heterocycles. The molecule has 142 valence electrons. The van der Waals surface area contributed by atoms with Crippen molar-refractivity contribution in [2.75, 3.05) is 38.2 Å². The number of carbonyl (C=O) groups is 1. The van der Waals surface area contributed by atoms with Crippen LogP contribution in [0.3, 0.4) is 0 Å². The van der Waals surface area contributed by atoms with Gasteiger partial charge < -0.3 is 10.0 Å². The molecule has 1 aliphatic rings. The molecule has 1 fully saturated rings. The Kier molecular flexibility index (Phi) is 6.23. The minimum absolute atomic E-state index is 0.109. The first-order valence-corrected chi connectivity index (χ1v) is 10.2. The average molecular weight is 372 g/mol. The van der Waals surface area contributed by atoms with Gasteiger partial charge in [0.15, 0.2) is 9.84 Å². The number of aromatic nitrogens is 2. The zero-order chi connectivity index (χ0) is 18.8. The fraction of sp³-hybridized carbons (Fsp3) is 0.750. The van der Waals surface area contributed by atoms with Crippen LogP contribution < -0.4 is 0 Å². The number of aryl methyl sites for hydroxylation is 2. The number of hydrogen-bond donors (Lipinski definition) is 1. The zero-order valence-electron chi connectivity index (χ0n) is 15.4. The van der Waals surface area contributed by atoms with Crippen LogP contribution in [-0.4, -0.2) is 83.3 Å². The van der Waals surface area contributed by atoms with Crippen molar-refractivity contribution in [2.24, 2.45) is 7.05 Å². The normalized spacial score (nSPS) is 19.5. The molecule has 0 bridgehead atoms. The monoisotopic (exact) mass is 372 g/mol. The van der Waals surface area contributed by atoms with Gasteiger partial charge in [0.2, 0.25) is 5.91 Å². The Morgan fingerprint density at radius 2 is 2.08 bits per heavy atom. The second-order valence-electron chi connectivity index (χ2n) is 6.78. The number of amides is 1. The molecule has 0 aliphatic carbocycles.